The maximum Gasteiger partial charge on any atom is 0.141 e. The summed E-state index contributed by atoms with van der Waals surface area (Å²) in [5.41, 5.74) is 0. The molecule has 84 valence electrons. The van der Waals surface area contributed by atoms with Crippen LogP contribution in [0.25, 0.3) is 0 Å². The van der Waals surface area contributed by atoms with E-state index in [2.05, 4.69) is 13.8 Å². The lowest BCUT2D eigenvalue weighted by Crippen LogP contribution is -1.98. The molecule has 0 radical (unpaired) electrons. The van der Waals surface area contributed by atoms with Gasteiger partial charge in [0.15, 0.2) is 0 Å². The van der Waals surface area contributed by atoms with Crippen molar-refractivity contribution in [1.82, 2.24) is 0 Å². The van der Waals surface area contributed by atoms with Gasteiger partial charge >= 0.3 is 0 Å². The van der Waals surface area contributed by atoms with Gasteiger partial charge < -0.3 is 9.47 Å². The van der Waals surface area contributed by atoms with Crippen LogP contribution in [0.3, 0.4) is 0 Å². The Morgan fingerprint density at radius 3 is 2.40 bits per heavy atom. The van der Waals surface area contributed by atoms with Crippen molar-refractivity contribution in [3.8, 4) is 11.5 Å². The second kappa shape index (κ2) is 6.57. The molecule has 0 aliphatic rings. The van der Waals surface area contributed by atoms with Crippen molar-refractivity contribution >= 4 is 11.6 Å². The monoisotopic (exact) mass is 228 g/mol. The topological polar surface area (TPSA) is 18.5 Å². The fourth-order valence-electron chi connectivity index (χ4n) is 1.12. The molecular formula is C12H17ClO2. The van der Waals surface area contributed by atoms with E-state index >= 15 is 0 Å². The molecule has 2 nitrogen and oxygen atoms in total. The maximum atomic E-state index is 5.99. The smallest absolute Gasteiger partial charge is 0.141 e. The van der Waals surface area contributed by atoms with E-state index in [0.29, 0.717) is 17.4 Å². The predicted octanol–water partition coefficient (Wildman–Crippen LogP) is 3.92. The third kappa shape index (κ3) is 4.00. The Labute approximate surface area is 96.2 Å². The number of ether oxygens (including phenoxy) is 2. The van der Waals surface area contributed by atoms with E-state index in [0.717, 1.165) is 25.2 Å². The number of hydrogen-bond donors (Lipinski definition) is 0. The Hall–Kier alpha value is -0.890. The summed E-state index contributed by atoms with van der Waals surface area (Å²) in [5.74, 6) is 1.51. The molecule has 1 aromatic rings. The minimum atomic E-state index is 0.632. The third-order valence-electron chi connectivity index (χ3n) is 1.84. The second-order valence-electron chi connectivity index (χ2n) is 3.29. The lowest BCUT2D eigenvalue weighted by atomic mass is 10.3. The van der Waals surface area contributed by atoms with Crippen molar-refractivity contribution in [3.05, 3.63) is 23.2 Å². The van der Waals surface area contributed by atoms with Gasteiger partial charge in [0.1, 0.15) is 11.5 Å². The molecule has 0 saturated heterocycles. The molecule has 1 aromatic carbocycles. The molecule has 0 N–H and O–H groups in total. The molecule has 0 atom stereocenters. The fourth-order valence-corrected chi connectivity index (χ4v) is 1.29. The van der Waals surface area contributed by atoms with E-state index in [1.807, 2.05) is 12.1 Å². The molecule has 0 amide bonds. The zero-order chi connectivity index (χ0) is 11.1. The highest BCUT2D eigenvalue weighted by molar-refractivity contribution is 6.32. The lowest BCUT2D eigenvalue weighted by Gasteiger charge is -2.09. The first kappa shape index (κ1) is 12.2. The molecule has 0 bridgehead atoms. The van der Waals surface area contributed by atoms with Gasteiger partial charge in [0.25, 0.3) is 0 Å². The Morgan fingerprint density at radius 1 is 1.07 bits per heavy atom. The van der Waals surface area contributed by atoms with E-state index in [4.69, 9.17) is 21.1 Å². The predicted molar refractivity (Wildman–Crippen MR) is 63.0 cm³/mol. The van der Waals surface area contributed by atoms with Crippen LogP contribution in [0.4, 0.5) is 0 Å². The molecule has 0 aliphatic carbocycles. The second-order valence-corrected chi connectivity index (χ2v) is 3.70. The maximum absolute atomic E-state index is 5.99. The molecule has 0 aromatic heterocycles. The summed E-state index contributed by atoms with van der Waals surface area (Å²) in [6.07, 6.45) is 1.96. The Bertz CT molecular complexity index is 300. The van der Waals surface area contributed by atoms with Crippen molar-refractivity contribution in [2.75, 3.05) is 13.2 Å². The van der Waals surface area contributed by atoms with Crippen LogP contribution in [0.1, 0.15) is 26.7 Å². The SMILES string of the molecule is CCCOc1ccc(Cl)c(OCCC)c1. The van der Waals surface area contributed by atoms with Gasteiger partial charge in [0, 0.05) is 6.07 Å². The summed E-state index contributed by atoms with van der Waals surface area (Å²) < 4.78 is 11.0. The zero-order valence-corrected chi connectivity index (χ0v) is 10.0. The lowest BCUT2D eigenvalue weighted by molar-refractivity contribution is 0.302. The molecule has 1 rings (SSSR count). The van der Waals surface area contributed by atoms with Crippen molar-refractivity contribution in [2.24, 2.45) is 0 Å². The third-order valence-corrected chi connectivity index (χ3v) is 2.15. The van der Waals surface area contributed by atoms with Gasteiger partial charge in [-0.3, -0.25) is 0 Å². The van der Waals surface area contributed by atoms with Gasteiger partial charge in [-0.15, -0.1) is 0 Å². The quantitative estimate of drug-likeness (QED) is 0.735. The molecule has 0 saturated carbocycles. The van der Waals surface area contributed by atoms with Gasteiger partial charge in [0.2, 0.25) is 0 Å². The van der Waals surface area contributed by atoms with Crippen LogP contribution in [-0.4, -0.2) is 13.2 Å². The highest BCUT2D eigenvalue weighted by Crippen LogP contribution is 2.29. The van der Waals surface area contributed by atoms with Gasteiger partial charge in [-0.1, -0.05) is 25.4 Å². The number of benzene rings is 1. The van der Waals surface area contributed by atoms with Crippen molar-refractivity contribution in [3.63, 3.8) is 0 Å². The van der Waals surface area contributed by atoms with Crippen LogP contribution in [0, 0.1) is 0 Å². The average Bonchev–Trinajstić information content (AvgIpc) is 2.26. The van der Waals surface area contributed by atoms with Crippen molar-refractivity contribution < 1.29 is 9.47 Å². The van der Waals surface area contributed by atoms with E-state index in [-0.39, 0.29) is 0 Å². The number of hydrogen-bond acceptors (Lipinski definition) is 2. The summed E-state index contributed by atoms with van der Waals surface area (Å²) in [6, 6.07) is 5.50. The Morgan fingerprint density at radius 2 is 1.73 bits per heavy atom. The summed E-state index contributed by atoms with van der Waals surface area (Å²) in [6.45, 7) is 5.53. The highest BCUT2D eigenvalue weighted by atomic mass is 35.5. The van der Waals surface area contributed by atoms with Gasteiger partial charge in [-0.05, 0) is 25.0 Å². The standard InChI is InChI=1S/C12H17ClO2/c1-3-7-14-10-5-6-11(13)12(9-10)15-8-4-2/h5-6,9H,3-4,7-8H2,1-2H3. The van der Waals surface area contributed by atoms with E-state index in [1.54, 1.807) is 6.07 Å². The summed E-state index contributed by atoms with van der Waals surface area (Å²) in [5, 5.41) is 0.632. The molecule has 3 heteroatoms. The molecular weight excluding hydrogens is 212 g/mol. The highest BCUT2D eigenvalue weighted by Gasteiger charge is 2.03. The molecule has 0 unspecified atom stereocenters. The minimum absolute atomic E-state index is 0.632. The average molecular weight is 229 g/mol. The summed E-state index contributed by atoms with van der Waals surface area (Å²) in [4.78, 5) is 0. The van der Waals surface area contributed by atoms with Crippen LogP contribution < -0.4 is 9.47 Å². The molecule has 0 fully saturated rings. The zero-order valence-electron chi connectivity index (χ0n) is 9.25. The Kier molecular flexibility index (Phi) is 5.33. The first-order chi connectivity index (χ1) is 7.27. The first-order valence-corrected chi connectivity index (χ1v) is 5.70. The number of rotatable bonds is 6. The van der Waals surface area contributed by atoms with Crippen molar-refractivity contribution in [1.29, 1.82) is 0 Å². The van der Waals surface area contributed by atoms with Gasteiger partial charge in [0.05, 0.1) is 18.2 Å². The molecule has 0 aliphatic heterocycles. The fraction of sp³-hybridized carbons (Fsp3) is 0.500. The summed E-state index contributed by atoms with van der Waals surface area (Å²) in [7, 11) is 0. The van der Waals surface area contributed by atoms with Crippen molar-refractivity contribution in [2.45, 2.75) is 26.7 Å². The van der Waals surface area contributed by atoms with E-state index in [1.165, 1.54) is 0 Å². The van der Waals surface area contributed by atoms with Crippen LogP contribution in [0.15, 0.2) is 18.2 Å². The van der Waals surface area contributed by atoms with Crippen LogP contribution in [0.2, 0.25) is 5.02 Å². The molecule has 0 spiro atoms. The number of halogens is 1. The van der Waals surface area contributed by atoms with E-state index < -0.39 is 0 Å². The van der Waals surface area contributed by atoms with E-state index in [9.17, 15) is 0 Å². The Balaban J connectivity index is 2.66. The molecule has 0 heterocycles. The first-order valence-electron chi connectivity index (χ1n) is 5.33. The summed E-state index contributed by atoms with van der Waals surface area (Å²) >= 11 is 5.99. The largest absolute Gasteiger partial charge is 0.493 e. The minimum Gasteiger partial charge on any atom is -0.493 e. The molecule has 15 heavy (non-hydrogen) atoms. The normalized spacial score (nSPS) is 10.1. The van der Waals surface area contributed by atoms with Gasteiger partial charge in [-0.2, -0.15) is 0 Å². The van der Waals surface area contributed by atoms with Crippen LogP contribution in [-0.2, 0) is 0 Å². The van der Waals surface area contributed by atoms with Crippen LogP contribution >= 0.6 is 11.6 Å². The van der Waals surface area contributed by atoms with Crippen LogP contribution in [0.5, 0.6) is 11.5 Å². The van der Waals surface area contributed by atoms with Gasteiger partial charge in [-0.25, -0.2) is 0 Å².